The molecule has 1 saturated heterocycles. The Hall–Kier alpha value is -3.67. The number of carbonyl (C=O) groups excluding carboxylic acids is 4. The van der Waals surface area contributed by atoms with Gasteiger partial charge >= 0.3 is 24.0 Å². The summed E-state index contributed by atoms with van der Waals surface area (Å²) in [5.41, 5.74) is 1.95. The second-order valence-electron chi connectivity index (χ2n) is 7.79. The van der Waals surface area contributed by atoms with Crippen molar-refractivity contribution in [1.29, 1.82) is 0 Å². The monoisotopic (exact) mass is 478 g/mol. The highest BCUT2D eigenvalue weighted by Crippen LogP contribution is 2.30. The van der Waals surface area contributed by atoms with E-state index in [0.29, 0.717) is 11.1 Å². The highest BCUT2D eigenvalue weighted by atomic mass is 16.7. The summed E-state index contributed by atoms with van der Waals surface area (Å²) in [6.45, 7) is 6.31. The number of nitrogens with one attached hydrogen (secondary N) is 1. The molecule has 1 N–H and O–H groups in total. The second-order valence-corrected chi connectivity index (χ2v) is 7.79. The number of rotatable bonds is 7. The lowest BCUT2D eigenvalue weighted by Crippen LogP contribution is -2.67. The number of oxazole rings is 1. The normalized spacial score (nSPS) is 24.2. The zero-order valence-electron chi connectivity index (χ0n) is 19.4. The predicted octanol–water partition coefficient (Wildman–Crippen LogP) is 1.17. The van der Waals surface area contributed by atoms with Crippen LogP contribution in [0.4, 0.5) is 0 Å². The largest absolute Gasteiger partial charge is 0.463 e. The van der Waals surface area contributed by atoms with Gasteiger partial charge in [0.05, 0.1) is 0 Å². The zero-order chi connectivity index (χ0) is 25.0. The Morgan fingerprint density at radius 1 is 1.00 bits per heavy atom. The number of esters is 3. The first kappa shape index (κ1) is 25.0. The van der Waals surface area contributed by atoms with Crippen molar-refractivity contribution in [2.45, 2.75) is 65.3 Å². The van der Waals surface area contributed by atoms with Gasteiger partial charge in [0.1, 0.15) is 24.3 Å². The van der Waals surface area contributed by atoms with Crippen LogP contribution in [0.2, 0.25) is 0 Å². The van der Waals surface area contributed by atoms with Crippen molar-refractivity contribution in [3.8, 4) is 6.08 Å². The summed E-state index contributed by atoms with van der Waals surface area (Å²) >= 11 is 0. The molecule has 0 unspecified atom stereocenters. The Bertz CT molecular complexity index is 1080. The maximum atomic E-state index is 12.0. The summed E-state index contributed by atoms with van der Waals surface area (Å²) in [4.78, 5) is 51.3. The van der Waals surface area contributed by atoms with Crippen LogP contribution in [0.1, 0.15) is 33.3 Å². The van der Waals surface area contributed by atoms with Gasteiger partial charge in [-0.1, -0.05) is 6.07 Å². The summed E-state index contributed by atoms with van der Waals surface area (Å²) < 4.78 is 33.1. The molecular weight excluding hydrogens is 452 g/mol. The van der Waals surface area contributed by atoms with E-state index in [1.54, 1.807) is 12.1 Å². The first-order chi connectivity index (χ1) is 16.0. The van der Waals surface area contributed by atoms with Gasteiger partial charge in [-0.15, -0.1) is 0 Å². The van der Waals surface area contributed by atoms with Crippen molar-refractivity contribution in [3.05, 3.63) is 23.8 Å². The van der Waals surface area contributed by atoms with E-state index in [-0.39, 0.29) is 12.7 Å². The number of aromatic nitrogens is 1. The molecule has 12 heteroatoms. The Morgan fingerprint density at radius 3 is 2.29 bits per heavy atom. The van der Waals surface area contributed by atoms with E-state index in [2.05, 4.69) is 10.3 Å². The summed E-state index contributed by atoms with van der Waals surface area (Å²) in [5, 5.41) is 2.60. The molecule has 2 aromatic rings. The van der Waals surface area contributed by atoms with Gasteiger partial charge in [-0.05, 0) is 24.6 Å². The van der Waals surface area contributed by atoms with E-state index in [4.69, 9.17) is 28.1 Å². The number of hydrogen-bond donors (Lipinski definition) is 1. The molecule has 1 amide bonds. The third kappa shape index (κ3) is 6.22. The van der Waals surface area contributed by atoms with E-state index < -0.39 is 54.5 Å². The van der Waals surface area contributed by atoms with Crippen LogP contribution in [0, 0.1) is 6.92 Å². The molecule has 1 aliphatic rings. The van der Waals surface area contributed by atoms with E-state index in [1.807, 2.05) is 13.0 Å². The van der Waals surface area contributed by atoms with Crippen molar-refractivity contribution in [2.24, 2.45) is 0 Å². The van der Waals surface area contributed by atoms with Crippen molar-refractivity contribution >= 4 is 34.9 Å². The SMILES string of the molecule is CC(=O)N[C@@H]1[C@H](Oc2nc3cc(C)ccc3o2)O[C@@H](COC(C)=O)[C@@H](OC(C)=O)[C@H]1OC(C)=O. The number of nitrogens with zero attached hydrogens (tertiary/aromatic N) is 1. The predicted molar refractivity (Wildman–Crippen MR) is 113 cm³/mol. The lowest BCUT2D eigenvalue weighted by atomic mass is 9.96. The number of ether oxygens (including phenoxy) is 5. The van der Waals surface area contributed by atoms with Crippen LogP contribution in [0.5, 0.6) is 6.08 Å². The van der Waals surface area contributed by atoms with Crippen molar-refractivity contribution in [1.82, 2.24) is 10.3 Å². The van der Waals surface area contributed by atoms with Gasteiger partial charge in [-0.3, -0.25) is 19.2 Å². The van der Waals surface area contributed by atoms with Crippen molar-refractivity contribution in [3.63, 3.8) is 0 Å². The van der Waals surface area contributed by atoms with E-state index in [0.717, 1.165) is 19.4 Å². The molecule has 3 rings (SSSR count). The minimum absolute atomic E-state index is 0.167. The molecule has 0 saturated carbocycles. The fraction of sp³-hybridized carbons (Fsp3) is 0.500. The second kappa shape index (κ2) is 10.5. The molecular formula is C22H26N2O10. The fourth-order valence-electron chi connectivity index (χ4n) is 3.56. The molecule has 0 aliphatic carbocycles. The van der Waals surface area contributed by atoms with Crippen LogP contribution >= 0.6 is 0 Å². The number of benzene rings is 1. The average molecular weight is 478 g/mol. The lowest BCUT2D eigenvalue weighted by Gasteiger charge is -2.44. The zero-order valence-corrected chi connectivity index (χ0v) is 19.4. The van der Waals surface area contributed by atoms with Crippen LogP contribution in [0.15, 0.2) is 22.6 Å². The molecule has 12 nitrogen and oxygen atoms in total. The summed E-state index contributed by atoms with van der Waals surface area (Å²) in [5.74, 6) is -2.51. The standard InChI is InChI=1S/C22H26N2O10/c1-10-6-7-16-15(8-10)24-22(33-16)34-21-18(23-11(2)25)20(31-14(5)28)19(30-13(4)27)17(32-21)9-29-12(3)26/h6-8,17-21H,9H2,1-5H3,(H,23,25)/t17-,18-,19+,20-,21-/m0/s1. The van der Waals surface area contributed by atoms with Crippen molar-refractivity contribution < 1.29 is 47.3 Å². The molecule has 0 radical (unpaired) electrons. The van der Waals surface area contributed by atoms with Gasteiger partial charge in [0.2, 0.25) is 12.2 Å². The lowest BCUT2D eigenvalue weighted by molar-refractivity contribution is -0.259. The Morgan fingerprint density at radius 2 is 1.68 bits per heavy atom. The highest BCUT2D eigenvalue weighted by Gasteiger charge is 2.52. The van der Waals surface area contributed by atoms with Crippen molar-refractivity contribution in [2.75, 3.05) is 6.61 Å². The number of fused-ring (bicyclic) bond motifs is 1. The van der Waals surface area contributed by atoms with Gasteiger partial charge in [0.15, 0.2) is 17.8 Å². The smallest absolute Gasteiger partial charge is 0.397 e. The van der Waals surface area contributed by atoms with Crippen LogP contribution < -0.4 is 10.1 Å². The molecule has 1 aliphatic heterocycles. The van der Waals surface area contributed by atoms with Gasteiger partial charge in [0.25, 0.3) is 0 Å². The Balaban J connectivity index is 1.98. The molecule has 184 valence electrons. The number of hydrogen-bond acceptors (Lipinski definition) is 11. The summed E-state index contributed by atoms with van der Waals surface area (Å²) in [7, 11) is 0. The van der Waals surface area contributed by atoms with E-state index in [1.165, 1.54) is 13.8 Å². The molecule has 1 aromatic heterocycles. The minimum atomic E-state index is -1.31. The number of aryl methyl sites for hydroxylation is 1. The molecule has 1 aromatic carbocycles. The highest BCUT2D eigenvalue weighted by molar-refractivity contribution is 5.74. The first-order valence-electron chi connectivity index (χ1n) is 10.5. The van der Waals surface area contributed by atoms with Crippen LogP contribution in [0.3, 0.4) is 0 Å². The van der Waals surface area contributed by atoms with Crippen LogP contribution in [-0.2, 0) is 38.1 Å². The molecule has 2 heterocycles. The maximum Gasteiger partial charge on any atom is 0.397 e. The van der Waals surface area contributed by atoms with Crippen LogP contribution in [0.25, 0.3) is 11.1 Å². The first-order valence-corrected chi connectivity index (χ1v) is 10.5. The Kier molecular flexibility index (Phi) is 7.72. The number of carbonyl (C=O) groups is 4. The van der Waals surface area contributed by atoms with E-state index in [9.17, 15) is 19.2 Å². The topological polar surface area (TPSA) is 152 Å². The quantitative estimate of drug-likeness (QED) is 0.451. The van der Waals surface area contributed by atoms with Crippen LogP contribution in [-0.4, -0.2) is 66.0 Å². The molecule has 0 bridgehead atoms. The molecule has 0 spiro atoms. The third-order valence-corrected chi connectivity index (χ3v) is 4.81. The third-order valence-electron chi connectivity index (χ3n) is 4.81. The molecule has 34 heavy (non-hydrogen) atoms. The maximum absolute atomic E-state index is 12.0. The molecule has 1 fully saturated rings. The van der Waals surface area contributed by atoms with Gasteiger partial charge in [-0.25, -0.2) is 0 Å². The van der Waals surface area contributed by atoms with Gasteiger partial charge in [-0.2, -0.15) is 4.98 Å². The van der Waals surface area contributed by atoms with Gasteiger partial charge < -0.3 is 33.4 Å². The number of amides is 1. The summed E-state index contributed by atoms with van der Waals surface area (Å²) in [6, 6.07) is 4.22. The van der Waals surface area contributed by atoms with Gasteiger partial charge in [0, 0.05) is 27.7 Å². The van der Waals surface area contributed by atoms with E-state index >= 15 is 0 Å². The summed E-state index contributed by atoms with van der Waals surface area (Å²) in [6.07, 6.45) is -5.03. The molecule has 5 atom stereocenters. The average Bonchev–Trinajstić information content (AvgIpc) is 3.11. The Labute approximate surface area is 194 Å². The fourth-order valence-corrected chi connectivity index (χ4v) is 3.56. The minimum Gasteiger partial charge on any atom is -0.463 e.